The summed E-state index contributed by atoms with van der Waals surface area (Å²) in [5.74, 6) is 0.919. The Labute approximate surface area is 336 Å². The Morgan fingerprint density at radius 1 is 0.704 bits per heavy atom. The molecule has 8 aromatic rings. The van der Waals surface area contributed by atoms with Crippen LogP contribution in [0.5, 0.6) is 0 Å². The second kappa shape index (κ2) is 13.3. The smallest absolute Gasteiger partial charge is 0.409 e. The fourth-order valence-corrected chi connectivity index (χ4v) is 8.56. The van der Waals surface area contributed by atoms with E-state index in [0.29, 0.717) is 5.56 Å². The van der Waals surface area contributed by atoms with Gasteiger partial charge in [0.05, 0.1) is 5.65 Å². The van der Waals surface area contributed by atoms with Gasteiger partial charge in [-0.1, -0.05) is 116 Å². The standard InChI is InChI=1S/C25H21BN3.C22H21N2.Ir/c1-19-11-10-12-20(2)25(19)26-28(21-13-4-3-5-14-21)22-15-6-7-16-23(22)29(26)24-17-8-9-18-27-24;1-13-10-11-16-19-18(13)14-8-6-7-9-15(14)20-23-12-17(24(19)20)22(4,5)21(16,2)3;/h3-15,17-18H,1-2H3;6-8,10-12H,1-5H3;/q2*-1;/i;1D3;. The number of rotatable bonds is 3. The van der Waals surface area contributed by atoms with Gasteiger partial charge in [-0.3, -0.25) is 4.98 Å². The van der Waals surface area contributed by atoms with E-state index in [0.717, 1.165) is 61.5 Å². The van der Waals surface area contributed by atoms with Gasteiger partial charge < -0.3 is 14.0 Å². The molecule has 0 N–H and O–H groups in total. The molecule has 2 aliphatic heterocycles. The number of imidazole rings is 1. The normalized spacial score (nSPS) is 16.0. The molecule has 0 unspecified atom stereocenters. The van der Waals surface area contributed by atoms with Crippen molar-refractivity contribution in [3.63, 3.8) is 0 Å². The van der Waals surface area contributed by atoms with Crippen LogP contribution in [0.15, 0.2) is 128 Å². The Bertz CT molecular complexity index is 2710. The molecule has 0 bridgehead atoms. The van der Waals surface area contributed by atoms with Crippen LogP contribution in [0.4, 0.5) is 22.9 Å². The van der Waals surface area contributed by atoms with Crippen molar-refractivity contribution in [2.24, 2.45) is 0 Å². The number of hydrogen-bond donors (Lipinski definition) is 0. The molecule has 0 amide bonds. The molecule has 0 fully saturated rings. The number of aromatic nitrogens is 3. The van der Waals surface area contributed by atoms with Crippen LogP contribution in [0.3, 0.4) is 0 Å². The molecular weight excluding hydrogens is 838 g/mol. The summed E-state index contributed by atoms with van der Waals surface area (Å²) in [6, 6.07) is 45.7. The van der Waals surface area contributed by atoms with E-state index >= 15 is 0 Å². The first-order valence-electron chi connectivity index (χ1n) is 19.7. The summed E-state index contributed by atoms with van der Waals surface area (Å²) < 4.78 is 26.5. The number of nitrogens with zero attached hydrogens (tertiary/aromatic N) is 5. The van der Waals surface area contributed by atoms with Gasteiger partial charge in [-0.15, -0.1) is 35.7 Å². The van der Waals surface area contributed by atoms with E-state index in [4.69, 9.17) is 14.1 Å². The maximum atomic E-state index is 8.12. The summed E-state index contributed by atoms with van der Waals surface area (Å²) in [5.41, 5.74) is 11.3. The minimum Gasteiger partial charge on any atom is -0.415 e. The first kappa shape index (κ1) is 32.2. The molecule has 5 nitrogen and oxygen atoms in total. The van der Waals surface area contributed by atoms with Crippen molar-refractivity contribution in [3.05, 3.63) is 168 Å². The molecule has 10 rings (SSSR count). The molecule has 0 spiro atoms. The van der Waals surface area contributed by atoms with Crippen molar-refractivity contribution >= 4 is 62.6 Å². The number of anilines is 4. The monoisotopic (exact) mass is 883 g/mol. The average Bonchev–Trinajstić information content (AvgIpc) is 3.79. The minimum atomic E-state index is -2.19. The minimum absolute atomic E-state index is 0. The number of aryl methyl sites for hydroxylation is 3. The van der Waals surface area contributed by atoms with E-state index in [2.05, 4.69) is 134 Å². The third kappa shape index (κ3) is 5.16. The first-order chi connectivity index (χ1) is 26.8. The maximum absolute atomic E-state index is 8.12. The van der Waals surface area contributed by atoms with Crippen LogP contribution in [0.2, 0.25) is 0 Å². The van der Waals surface area contributed by atoms with Gasteiger partial charge in [0.2, 0.25) is 0 Å². The zero-order valence-electron chi connectivity index (χ0n) is 34.3. The molecule has 0 saturated heterocycles. The van der Waals surface area contributed by atoms with Gasteiger partial charge >= 0.3 is 6.98 Å². The van der Waals surface area contributed by atoms with Crippen molar-refractivity contribution in [2.75, 3.05) is 9.62 Å². The SMILES string of the molecule is Cc1cccc(C)c1B1N(c2ccccn2)c2[c-]cccc2N1c1ccccc1.[2H]C([2H])([2H])c1ccc2c3c1c1ccc[c-]c1c1ncc(n13)C(C)(C)C2(C)C.[Ir]. The second-order valence-electron chi connectivity index (χ2n) is 15.2. The molecule has 5 heterocycles. The molecule has 54 heavy (non-hydrogen) atoms. The molecule has 269 valence electrons. The van der Waals surface area contributed by atoms with Crippen LogP contribution in [-0.2, 0) is 30.9 Å². The average molecular weight is 883 g/mol. The Morgan fingerprint density at radius 3 is 2.19 bits per heavy atom. The van der Waals surface area contributed by atoms with E-state index in [1.54, 1.807) is 6.07 Å². The number of benzene rings is 5. The van der Waals surface area contributed by atoms with E-state index in [-0.39, 0.29) is 37.9 Å². The van der Waals surface area contributed by atoms with E-state index in [9.17, 15) is 0 Å². The molecule has 1 radical (unpaired) electrons. The van der Waals surface area contributed by atoms with E-state index in [1.807, 2.05) is 54.9 Å². The van der Waals surface area contributed by atoms with Gasteiger partial charge in [-0.2, -0.15) is 18.2 Å². The van der Waals surface area contributed by atoms with Gasteiger partial charge in [0.15, 0.2) is 0 Å². The Balaban J connectivity index is 0.000000157. The summed E-state index contributed by atoms with van der Waals surface area (Å²) in [4.78, 5) is 14.1. The molecular formula is C47H42BIrN5-2. The Morgan fingerprint density at radius 2 is 1.44 bits per heavy atom. The quantitative estimate of drug-likeness (QED) is 0.101. The topological polar surface area (TPSA) is 36.7 Å². The molecule has 0 aliphatic carbocycles. The van der Waals surface area contributed by atoms with E-state index in [1.165, 1.54) is 16.6 Å². The maximum Gasteiger partial charge on any atom is 0.409 e. The van der Waals surface area contributed by atoms with Crippen LogP contribution in [0, 0.1) is 32.8 Å². The van der Waals surface area contributed by atoms with Crippen LogP contribution >= 0.6 is 0 Å². The van der Waals surface area contributed by atoms with Crippen molar-refractivity contribution in [1.82, 2.24) is 14.4 Å². The summed E-state index contributed by atoms with van der Waals surface area (Å²) in [6.07, 6.45) is 3.80. The molecule has 5 aromatic carbocycles. The Kier molecular flexibility index (Phi) is 7.91. The van der Waals surface area contributed by atoms with E-state index < -0.39 is 6.85 Å². The van der Waals surface area contributed by atoms with Gasteiger partial charge in [-0.05, 0) is 61.4 Å². The predicted molar refractivity (Wildman–Crippen MR) is 221 cm³/mol. The molecule has 0 saturated carbocycles. The summed E-state index contributed by atoms with van der Waals surface area (Å²) in [5, 5.41) is 2.57. The van der Waals surface area contributed by atoms with Crippen LogP contribution < -0.4 is 15.1 Å². The van der Waals surface area contributed by atoms with Crippen LogP contribution in [-0.4, -0.2) is 21.4 Å². The zero-order chi connectivity index (χ0) is 39.1. The number of pyridine rings is 2. The van der Waals surface area contributed by atoms with Gasteiger partial charge in [0.25, 0.3) is 0 Å². The fourth-order valence-electron chi connectivity index (χ4n) is 8.56. The number of fused-ring (bicyclic) bond motifs is 4. The van der Waals surface area contributed by atoms with Gasteiger partial charge in [-0.25, -0.2) is 4.98 Å². The first-order valence-corrected chi connectivity index (χ1v) is 18.2. The number of hydrogen-bond acceptors (Lipinski definition) is 4. The molecule has 0 atom stereocenters. The van der Waals surface area contributed by atoms with Crippen molar-refractivity contribution in [1.29, 1.82) is 0 Å². The molecule has 3 aromatic heterocycles. The summed E-state index contributed by atoms with van der Waals surface area (Å²) in [7, 11) is 0. The van der Waals surface area contributed by atoms with Gasteiger partial charge in [0, 0.05) is 64.3 Å². The predicted octanol–water partition coefficient (Wildman–Crippen LogP) is 10.5. The molecule has 2 aliphatic rings. The van der Waals surface area contributed by atoms with Crippen molar-refractivity contribution < 1.29 is 24.2 Å². The third-order valence-electron chi connectivity index (χ3n) is 11.9. The largest absolute Gasteiger partial charge is 0.415 e. The van der Waals surface area contributed by atoms with Crippen LogP contribution in [0.1, 0.15) is 59.8 Å². The fraction of sp³-hybridized carbons (Fsp3) is 0.191. The summed E-state index contributed by atoms with van der Waals surface area (Å²) >= 11 is 0. The third-order valence-corrected chi connectivity index (χ3v) is 11.9. The van der Waals surface area contributed by atoms with Crippen molar-refractivity contribution in [2.45, 2.75) is 59.2 Å². The Hall–Kier alpha value is -5.23. The zero-order valence-corrected chi connectivity index (χ0v) is 33.7. The van der Waals surface area contributed by atoms with Gasteiger partial charge in [0.1, 0.15) is 5.82 Å². The summed E-state index contributed by atoms with van der Waals surface area (Å²) in [6.45, 7) is 11.1. The van der Waals surface area contributed by atoms with Crippen LogP contribution in [0.25, 0.3) is 27.3 Å². The van der Waals surface area contributed by atoms with Crippen molar-refractivity contribution in [3.8, 4) is 0 Å². The molecule has 7 heteroatoms. The second-order valence-corrected chi connectivity index (χ2v) is 15.2. The number of para-hydroxylation sites is 2.